The van der Waals surface area contributed by atoms with Crippen molar-refractivity contribution < 1.29 is 23.9 Å². The Kier molecular flexibility index (Phi) is 7.25. The quantitative estimate of drug-likeness (QED) is 0.327. The maximum absolute atomic E-state index is 11.0. The maximum Gasteiger partial charge on any atom is 0.325 e. The van der Waals surface area contributed by atoms with Gasteiger partial charge in [-0.1, -0.05) is 6.58 Å². The Balaban J connectivity index is 3.32. The second kappa shape index (κ2) is 7.57. The van der Waals surface area contributed by atoms with E-state index >= 15 is 0 Å². The molecule has 16 heavy (non-hydrogen) atoms. The first-order valence-electron chi connectivity index (χ1n) is 4.89. The molecular formula is C9H18NO5P. The molecule has 0 saturated carbocycles. The Morgan fingerprint density at radius 3 is 2.56 bits per heavy atom. The molecule has 7 heteroatoms. The summed E-state index contributed by atoms with van der Waals surface area (Å²) in [7, 11) is -3.91. The minimum Gasteiger partial charge on any atom is -0.380 e. The third-order valence-electron chi connectivity index (χ3n) is 1.66. The summed E-state index contributed by atoms with van der Waals surface area (Å²) in [4.78, 5) is 28.1. The monoisotopic (exact) mass is 251 g/mol. The van der Waals surface area contributed by atoms with E-state index in [9.17, 15) is 9.36 Å². The first kappa shape index (κ1) is 15.3. The van der Waals surface area contributed by atoms with Gasteiger partial charge in [-0.15, -0.1) is 0 Å². The molecule has 0 heterocycles. The Bertz CT molecular complexity index is 286. The Hall–Kier alpha value is -0.680. The zero-order valence-corrected chi connectivity index (χ0v) is 10.2. The predicted octanol–water partition coefficient (Wildman–Crippen LogP) is 0.263. The van der Waals surface area contributed by atoms with Crippen molar-refractivity contribution in [1.29, 1.82) is 0 Å². The van der Waals surface area contributed by atoms with E-state index in [1.54, 1.807) is 6.92 Å². The minimum absolute atomic E-state index is 0.175. The first-order chi connectivity index (χ1) is 7.33. The van der Waals surface area contributed by atoms with E-state index in [2.05, 4.69) is 11.9 Å². The molecule has 94 valence electrons. The summed E-state index contributed by atoms with van der Waals surface area (Å²) in [6.07, 6.45) is 0.129. The van der Waals surface area contributed by atoms with Gasteiger partial charge in [0.05, 0.1) is 12.8 Å². The molecule has 6 nitrogen and oxygen atoms in total. The van der Waals surface area contributed by atoms with Crippen LogP contribution in [0.3, 0.4) is 0 Å². The van der Waals surface area contributed by atoms with Crippen molar-refractivity contribution in [3.63, 3.8) is 0 Å². The van der Waals surface area contributed by atoms with Crippen LogP contribution < -0.4 is 5.32 Å². The van der Waals surface area contributed by atoms with Crippen LogP contribution in [0.4, 0.5) is 0 Å². The summed E-state index contributed by atoms with van der Waals surface area (Å²) in [6.45, 7) is 6.03. The average molecular weight is 251 g/mol. The van der Waals surface area contributed by atoms with Gasteiger partial charge >= 0.3 is 7.60 Å². The van der Waals surface area contributed by atoms with E-state index < -0.39 is 7.60 Å². The highest BCUT2D eigenvalue weighted by atomic mass is 31.2. The largest absolute Gasteiger partial charge is 0.380 e. The number of amides is 1. The van der Waals surface area contributed by atoms with Gasteiger partial charge in [0.1, 0.15) is 0 Å². The number of hydrogen-bond donors (Lipinski definition) is 3. The summed E-state index contributed by atoms with van der Waals surface area (Å²) in [6, 6.07) is 0. The molecule has 0 atom stereocenters. The molecule has 0 aliphatic carbocycles. The normalized spacial score (nSPS) is 11.2. The van der Waals surface area contributed by atoms with E-state index in [-0.39, 0.29) is 18.7 Å². The van der Waals surface area contributed by atoms with Crippen molar-refractivity contribution in [2.24, 2.45) is 0 Å². The second-order valence-corrected chi connectivity index (χ2v) is 5.17. The predicted molar refractivity (Wildman–Crippen MR) is 60.2 cm³/mol. The van der Waals surface area contributed by atoms with E-state index in [0.717, 1.165) is 0 Å². The zero-order valence-electron chi connectivity index (χ0n) is 9.31. The summed E-state index contributed by atoms with van der Waals surface area (Å²) >= 11 is 0. The molecule has 0 aromatic carbocycles. The highest BCUT2D eigenvalue weighted by Crippen LogP contribution is 2.34. The molecule has 0 rings (SSSR count). The van der Waals surface area contributed by atoms with Gasteiger partial charge in [0.25, 0.3) is 0 Å². The third kappa shape index (κ3) is 9.86. The van der Waals surface area contributed by atoms with E-state index in [4.69, 9.17) is 14.5 Å². The standard InChI is InChI=1S/C9H18NO5P/c1-8(2)9(11)10-4-6-15-5-3-7-16(12,13)14/h1,3-7H2,2H3,(H,10,11)(H2,12,13,14). The highest BCUT2D eigenvalue weighted by Gasteiger charge is 2.11. The van der Waals surface area contributed by atoms with Gasteiger partial charge in [-0.2, -0.15) is 0 Å². The third-order valence-corrected chi connectivity index (χ3v) is 2.56. The van der Waals surface area contributed by atoms with Crippen LogP contribution in [-0.4, -0.2) is 41.6 Å². The molecule has 0 aromatic rings. The highest BCUT2D eigenvalue weighted by molar-refractivity contribution is 7.51. The fraction of sp³-hybridized carbons (Fsp3) is 0.667. The summed E-state index contributed by atoms with van der Waals surface area (Å²) in [5.74, 6) is -0.223. The van der Waals surface area contributed by atoms with Crippen molar-refractivity contribution in [2.75, 3.05) is 25.9 Å². The van der Waals surface area contributed by atoms with Gasteiger partial charge in [0.15, 0.2) is 0 Å². The Morgan fingerprint density at radius 1 is 1.44 bits per heavy atom. The molecule has 0 fully saturated rings. The minimum atomic E-state index is -3.91. The molecule has 3 N–H and O–H groups in total. The summed E-state index contributed by atoms with van der Waals surface area (Å²) < 4.78 is 15.5. The molecule has 0 aromatic heterocycles. The average Bonchev–Trinajstić information content (AvgIpc) is 2.14. The van der Waals surface area contributed by atoms with Crippen LogP contribution in [0.15, 0.2) is 12.2 Å². The molecule has 1 amide bonds. The van der Waals surface area contributed by atoms with E-state index in [1.165, 1.54) is 0 Å². The van der Waals surface area contributed by atoms with Gasteiger partial charge in [-0.05, 0) is 13.3 Å². The van der Waals surface area contributed by atoms with Crippen molar-refractivity contribution in [3.05, 3.63) is 12.2 Å². The van der Waals surface area contributed by atoms with Gasteiger partial charge < -0.3 is 19.8 Å². The lowest BCUT2D eigenvalue weighted by Gasteiger charge is -2.06. The molecule has 0 bridgehead atoms. The molecule has 0 aliphatic rings. The second-order valence-electron chi connectivity index (χ2n) is 3.39. The SMILES string of the molecule is C=C(C)C(=O)NCCOCCCP(=O)(O)O. The van der Waals surface area contributed by atoms with Crippen molar-refractivity contribution in [3.8, 4) is 0 Å². The summed E-state index contributed by atoms with van der Waals surface area (Å²) in [5.41, 5.74) is 0.432. The lowest BCUT2D eigenvalue weighted by Crippen LogP contribution is -2.27. The molecule has 0 unspecified atom stereocenters. The fourth-order valence-electron chi connectivity index (χ4n) is 0.862. The van der Waals surface area contributed by atoms with Crippen LogP contribution in [0.5, 0.6) is 0 Å². The molecular weight excluding hydrogens is 233 g/mol. The van der Waals surface area contributed by atoms with Crippen molar-refractivity contribution >= 4 is 13.5 Å². The maximum atomic E-state index is 11.0. The van der Waals surface area contributed by atoms with Crippen LogP contribution in [-0.2, 0) is 14.1 Å². The summed E-state index contributed by atoms with van der Waals surface area (Å²) in [5, 5.41) is 2.57. The lowest BCUT2D eigenvalue weighted by atomic mass is 10.3. The lowest BCUT2D eigenvalue weighted by molar-refractivity contribution is -0.117. The number of nitrogens with one attached hydrogen (secondary N) is 1. The topological polar surface area (TPSA) is 95.9 Å². The number of carbonyl (C=O) groups is 1. The van der Waals surface area contributed by atoms with Crippen LogP contribution in [0.1, 0.15) is 13.3 Å². The number of carbonyl (C=O) groups excluding carboxylic acids is 1. The van der Waals surface area contributed by atoms with Crippen LogP contribution >= 0.6 is 7.60 Å². The smallest absolute Gasteiger partial charge is 0.325 e. The fourth-order valence-corrected chi connectivity index (χ4v) is 1.40. The molecule has 0 spiro atoms. The van der Waals surface area contributed by atoms with Crippen molar-refractivity contribution in [1.82, 2.24) is 5.32 Å². The van der Waals surface area contributed by atoms with Gasteiger partial charge in [-0.3, -0.25) is 9.36 Å². The van der Waals surface area contributed by atoms with E-state index in [0.29, 0.717) is 25.1 Å². The van der Waals surface area contributed by atoms with E-state index in [1.807, 2.05) is 0 Å². The Labute approximate surface area is 94.8 Å². The number of rotatable bonds is 8. The van der Waals surface area contributed by atoms with Gasteiger partial charge in [0.2, 0.25) is 5.91 Å². The first-order valence-corrected chi connectivity index (χ1v) is 6.68. The van der Waals surface area contributed by atoms with Crippen LogP contribution in [0.2, 0.25) is 0 Å². The number of ether oxygens (including phenoxy) is 1. The zero-order chi connectivity index (χ0) is 12.6. The van der Waals surface area contributed by atoms with Gasteiger partial charge in [0, 0.05) is 18.7 Å². The molecule has 0 aliphatic heterocycles. The van der Waals surface area contributed by atoms with Crippen LogP contribution in [0.25, 0.3) is 0 Å². The molecule has 0 saturated heterocycles. The Morgan fingerprint density at radius 2 is 2.06 bits per heavy atom. The number of hydrogen-bond acceptors (Lipinski definition) is 3. The van der Waals surface area contributed by atoms with Crippen molar-refractivity contribution in [2.45, 2.75) is 13.3 Å². The van der Waals surface area contributed by atoms with Gasteiger partial charge in [-0.25, -0.2) is 0 Å². The molecule has 0 radical (unpaired) electrons. The van der Waals surface area contributed by atoms with Crippen LogP contribution in [0, 0.1) is 0 Å².